The van der Waals surface area contributed by atoms with Gasteiger partial charge in [0.1, 0.15) is 6.10 Å². The van der Waals surface area contributed by atoms with Crippen molar-refractivity contribution in [2.75, 3.05) is 6.79 Å². The van der Waals surface area contributed by atoms with Gasteiger partial charge in [-0.3, -0.25) is 4.79 Å². The van der Waals surface area contributed by atoms with E-state index in [4.69, 9.17) is 30.9 Å². The van der Waals surface area contributed by atoms with Gasteiger partial charge in [-0.05, 0) is 49.9 Å². The molecule has 1 fully saturated rings. The van der Waals surface area contributed by atoms with Crippen LogP contribution in [0.3, 0.4) is 0 Å². The molecule has 0 amide bonds. The highest BCUT2D eigenvalue weighted by atomic mass is 35.5. The maximum absolute atomic E-state index is 11.1. The first-order valence-electron chi connectivity index (χ1n) is 9.42. The molecule has 1 saturated carbocycles. The Kier molecular flexibility index (Phi) is 4.43. The minimum absolute atomic E-state index is 0.0602. The topological polar surface area (TPSA) is 107 Å². The average Bonchev–Trinajstić information content (AvgIpc) is 3.33. The molecule has 1 aliphatic carbocycles. The third kappa shape index (κ3) is 3.44. The summed E-state index contributed by atoms with van der Waals surface area (Å²) in [6.07, 6.45) is 2.53. The fourth-order valence-corrected chi connectivity index (χ4v) is 4.04. The van der Waals surface area contributed by atoms with E-state index in [0.29, 0.717) is 65.1 Å². The maximum Gasteiger partial charge on any atom is 0.306 e. The smallest absolute Gasteiger partial charge is 0.306 e. The monoisotopic (exact) mass is 415 g/mol. The van der Waals surface area contributed by atoms with Crippen molar-refractivity contribution in [2.45, 2.75) is 31.8 Å². The van der Waals surface area contributed by atoms with Crippen molar-refractivity contribution < 1.29 is 24.1 Å². The van der Waals surface area contributed by atoms with Crippen LogP contribution in [0.4, 0.5) is 0 Å². The Labute approximate surface area is 170 Å². The van der Waals surface area contributed by atoms with Crippen LogP contribution in [0.5, 0.6) is 17.5 Å². The van der Waals surface area contributed by atoms with Gasteiger partial charge in [-0.1, -0.05) is 11.6 Å². The van der Waals surface area contributed by atoms with Gasteiger partial charge in [-0.25, -0.2) is 4.98 Å². The lowest BCUT2D eigenvalue weighted by atomic mass is 9.87. The summed E-state index contributed by atoms with van der Waals surface area (Å²) in [6.45, 7) is 0.202. The molecule has 150 valence electrons. The van der Waals surface area contributed by atoms with Crippen molar-refractivity contribution in [3.05, 3.63) is 29.3 Å². The number of aliphatic carboxylic acids is 1. The van der Waals surface area contributed by atoms with Crippen LogP contribution in [-0.4, -0.2) is 38.9 Å². The van der Waals surface area contributed by atoms with Gasteiger partial charge in [0.2, 0.25) is 6.79 Å². The number of aromatic amines is 1. The molecule has 2 aromatic heterocycles. The molecule has 3 heterocycles. The molecule has 2 aliphatic rings. The number of fused-ring (bicyclic) bond motifs is 2. The van der Waals surface area contributed by atoms with Crippen LogP contribution >= 0.6 is 11.6 Å². The van der Waals surface area contributed by atoms with Gasteiger partial charge in [0.05, 0.1) is 22.2 Å². The SMILES string of the molecule is O=C(O)C1CCC(Oc2nc3nc(-c4ccc5c(c4)OCO5)c(Cl)cc3[nH]2)CC1. The number of carboxylic acid groups (broad SMARTS) is 1. The molecule has 0 atom stereocenters. The first-order valence-corrected chi connectivity index (χ1v) is 9.80. The van der Waals surface area contributed by atoms with Crippen molar-refractivity contribution in [1.82, 2.24) is 15.0 Å². The lowest BCUT2D eigenvalue weighted by molar-refractivity contribution is -0.143. The summed E-state index contributed by atoms with van der Waals surface area (Å²) in [6, 6.07) is 7.67. The van der Waals surface area contributed by atoms with E-state index in [1.807, 2.05) is 18.2 Å². The number of rotatable bonds is 4. The fraction of sp³-hybridized carbons (Fsp3) is 0.350. The van der Waals surface area contributed by atoms with Crippen LogP contribution in [0.25, 0.3) is 22.4 Å². The quantitative estimate of drug-likeness (QED) is 0.662. The Balaban J connectivity index is 1.38. The van der Waals surface area contributed by atoms with Crippen LogP contribution in [0.15, 0.2) is 24.3 Å². The summed E-state index contributed by atoms with van der Waals surface area (Å²) in [5.41, 5.74) is 2.57. The number of carbonyl (C=O) groups is 1. The molecule has 0 unspecified atom stereocenters. The summed E-state index contributed by atoms with van der Waals surface area (Å²) in [5.74, 6) is 0.333. The maximum atomic E-state index is 11.1. The predicted octanol–water partition coefficient (Wildman–Crippen LogP) is 4.03. The van der Waals surface area contributed by atoms with Gasteiger partial charge >= 0.3 is 5.97 Å². The number of imidazole rings is 1. The number of halogens is 1. The minimum atomic E-state index is -0.734. The van der Waals surface area contributed by atoms with E-state index in [1.54, 1.807) is 6.07 Å². The van der Waals surface area contributed by atoms with Crippen molar-refractivity contribution in [3.63, 3.8) is 0 Å². The number of carboxylic acids is 1. The van der Waals surface area contributed by atoms with E-state index in [-0.39, 0.29) is 18.8 Å². The largest absolute Gasteiger partial charge is 0.481 e. The van der Waals surface area contributed by atoms with Gasteiger partial charge in [0.25, 0.3) is 6.01 Å². The third-order valence-electron chi connectivity index (χ3n) is 5.35. The van der Waals surface area contributed by atoms with Gasteiger partial charge in [-0.2, -0.15) is 4.98 Å². The summed E-state index contributed by atoms with van der Waals surface area (Å²) in [5, 5.41) is 9.59. The average molecular weight is 416 g/mol. The van der Waals surface area contributed by atoms with E-state index in [2.05, 4.69) is 15.0 Å². The fourth-order valence-electron chi connectivity index (χ4n) is 3.78. The molecule has 1 aliphatic heterocycles. The zero-order chi connectivity index (χ0) is 20.0. The molecule has 3 aromatic rings. The van der Waals surface area contributed by atoms with Crippen LogP contribution in [0.1, 0.15) is 25.7 Å². The zero-order valence-electron chi connectivity index (χ0n) is 15.4. The number of pyridine rings is 1. The molecule has 0 spiro atoms. The summed E-state index contributed by atoms with van der Waals surface area (Å²) in [7, 11) is 0. The van der Waals surface area contributed by atoms with E-state index in [1.165, 1.54) is 0 Å². The molecule has 8 nitrogen and oxygen atoms in total. The first-order chi connectivity index (χ1) is 14.1. The Morgan fingerprint density at radius 2 is 1.93 bits per heavy atom. The van der Waals surface area contributed by atoms with Gasteiger partial charge in [0, 0.05) is 5.56 Å². The number of hydrogen-bond donors (Lipinski definition) is 2. The van der Waals surface area contributed by atoms with Crippen molar-refractivity contribution in [2.24, 2.45) is 5.92 Å². The molecule has 29 heavy (non-hydrogen) atoms. The number of aromatic nitrogens is 3. The number of hydrogen-bond acceptors (Lipinski definition) is 6. The highest BCUT2D eigenvalue weighted by molar-refractivity contribution is 6.33. The first kappa shape index (κ1) is 18.1. The normalized spacial score (nSPS) is 20.7. The zero-order valence-corrected chi connectivity index (χ0v) is 16.1. The molecule has 2 N–H and O–H groups in total. The third-order valence-corrected chi connectivity index (χ3v) is 5.64. The van der Waals surface area contributed by atoms with Crippen LogP contribution in [0.2, 0.25) is 5.02 Å². The highest BCUT2D eigenvalue weighted by Crippen LogP contribution is 2.38. The molecule has 0 saturated heterocycles. The summed E-state index contributed by atoms with van der Waals surface area (Å²) < 4.78 is 16.7. The number of nitrogens with zero attached hydrogens (tertiary/aromatic N) is 2. The number of ether oxygens (including phenoxy) is 3. The van der Waals surface area contributed by atoms with Crippen LogP contribution < -0.4 is 14.2 Å². The molecule has 9 heteroatoms. The van der Waals surface area contributed by atoms with Crippen LogP contribution in [0, 0.1) is 5.92 Å². The van der Waals surface area contributed by atoms with E-state index >= 15 is 0 Å². The molecule has 5 rings (SSSR count). The van der Waals surface area contributed by atoms with Crippen molar-refractivity contribution >= 4 is 28.7 Å². The van der Waals surface area contributed by atoms with E-state index in [0.717, 1.165) is 5.56 Å². The second-order valence-electron chi connectivity index (χ2n) is 7.23. The predicted molar refractivity (Wildman–Crippen MR) is 104 cm³/mol. The number of H-pyrrole nitrogens is 1. The number of benzene rings is 1. The standard InChI is InChI=1S/C20H18ClN3O5/c21-13-8-14-18(23-17(13)11-3-6-15-16(7-11)28-9-27-15)24-20(22-14)29-12-4-1-10(2-5-12)19(25)26/h3,6-8,10,12H,1-2,4-5,9H2,(H,25,26)(H,22,23,24). The molecule has 0 radical (unpaired) electrons. The minimum Gasteiger partial charge on any atom is -0.481 e. The molecule has 1 aromatic carbocycles. The number of nitrogens with one attached hydrogen (secondary N) is 1. The van der Waals surface area contributed by atoms with E-state index < -0.39 is 5.97 Å². The van der Waals surface area contributed by atoms with Crippen LogP contribution in [-0.2, 0) is 4.79 Å². The van der Waals surface area contributed by atoms with Crippen molar-refractivity contribution in [3.8, 4) is 28.8 Å². The van der Waals surface area contributed by atoms with E-state index in [9.17, 15) is 4.79 Å². The lowest BCUT2D eigenvalue weighted by Gasteiger charge is -2.25. The molecule has 0 bridgehead atoms. The van der Waals surface area contributed by atoms with Gasteiger partial charge < -0.3 is 24.3 Å². The van der Waals surface area contributed by atoms with Gasteiger partial charge in [0.15, 0.2) is 17.1 Å². The Hall–Kier alpha value is -3.00. The summed E-state index contributed by atoms with van der Waals surface area (Å²) >= 11 is 6.46. The second kappa shape index (κ2) is 7.11. The summed E-state index contributed by atoms with van der Waals surface area (Å²) in [4.78, 5) is 23.2. The highest BCUT2D eigenvalue weighted by Gasteiger charge is 2.27. The lowest BCUT2D eigenvalue weighted by Crippen LogP contribution is -2.28. The Bertz CT molecular complexity index is 1090. The Morgan fingerprint density at radius 1 is 1.14 bits per heavy atom. The van der Waals surface area contributed by atoms with Crippen molar-refractivity contribution in [1.29, 1.82) is 0 Å². The molecular weight excluding hydrogens is 398 g/mol. The Morgan fingerprint density at radius 3 is 2.72 bits per heavy atom. The second-order valence-corrected chi connectivity index (χ2v) is 7.64. The van der Waals surface area contributed by atoms with Gasteiger partial charge in [-0.15, -0.1) is 0 Å². The molecular formula is C20H18ClN3O5.